The average molecular weight is 157 g/mol. The molecule has 1 aliphatic rings. The normalized spacial score (nSPS) is 13.2. The summed E-state index contributed by atoms with van der Waals surface area (Å²) in [5, 5.41) is 0. The Kier molecular flexibility index (Phi) is 1.42. The van der Waals surface area contributed by atoms with Crippen LogP contribution in [0, 0.1) is 6.92 Å². The summed E-state index contributed by atoms with van der Waals surface area (Å²) in [6.45, 7) is 1.91. The molecule has 1 aliphatic heterocycles. The van der Waals surface area contributed by atoms with Gasteiger partial charge in [0.15, 0.2) is 0 Å². The Morgan fingerprint density at radius 2 is 2.25 bits per heavy atom. The minimum absolute atomic E-state index is 0.189. The average Bonchev–Trinajstić information content (AvgIpc) is 2.04. The lowest BCUT2D eigenvalue weighted by atomic mass is 10.0. The van der Waals surface area contributed by atoms with E-state index in [1.165, 1.54) is 0 Å². The van der Waals surface area contributed by atoms with Crippen LogP contribution < -0.4 is 0 Å². The minimum atomic E-state index is -0.189. The van der Waals surface area contributed by atoms with E-state index in [1.807, 2.05) is 25.1 Å². The first-order valence-electron chi connectivity index (χ1n) is 3.72. The molecule has 0 aliphatic carbocycles. The van der Waals surface area contributed by atoms with E-state index in [1.54, 1.807) is 6.08 Å². The van der Waals surface area contributed by atoms with Crippen LogP contribution in [0.4, 0.5) is 0 Å². The highest BCUT2D eigenvalue weighted by atomic mass is 16.1. The SMILES string of the molecule is Cc1cccc2c1C(=O)N=C=C2. The zero-order chi connectivity index (χ0) is 8.55. The van der Waals surface area contributed by atoms with E-state index in [4.69, 9.17) is 0 Å². The van der Waals surface area contributed by atoms with Crippen molar-refractivity contribution in [1.29, 1.82) is 0 Å². The van der Waals surface area contributed by atoms with Crippen LogP contribution >= 0.6 is 0 Å². The van der Waals surface area contributed by atoms with Crippen LogP contribution in [0.1, 0.15) is 21.5 Å². The van der Waals surface area contributed by atoms with E-state index < -0.39 is 0 Å². The number of benzene rings is 1. The predicted octanol–water partition coefficient (Wildman–Crippen LogP) is 1.83. The molecule has 12 heavy (non-hydrogen) atoms. The molecule has 1 aromatic rings. The van der Waals surface area contributed by atoms with Gasteiger partial charge in [0.25, 0.3) is 5.91 Å². The zero-order valence-electron chi connectivity index (χ0n) is 6.66. The highest BCUT2D eigenvalue weighted by molar-refractivity contribution is 6.08. The molecule has 0 saturated heterocycles. The molecular formula is C10H7NO. The van der Waals surface area contributed by atoms with Crippen LogP contribution in [0.2, 0.25) is 0 Å². The first kappa shape index (κ1) is 7.01. The molecular weight excluding hydrogens is 150 g/mol. The van der Waals surface area contributed by atoms with Crippen molar-refractivity contribution in [2.45, 2.75) is 6.92 Å². The van der Waals surface area contributed by atoms with Crippen molar-refractivity contribution in [2.24, 2.45) is 4.99 Å². The fourth-order valence-electron chi connectivity index (χ4n) is 1.32. The van der Waals surface area contributed by atoms with Crippen LogP contribution in [0.5, 0.6) is 0 Å². The lowest BCUT2D eigenvalue weighted by Gasteiger charge is -2.06. The maximum atomic E-state index is 11.3. The molecule has 0 spiro atoms. The van der Waals surface area contributed by atoms with Crippen molar-refractivity contribution >= 4 is 17.9 Å². The molecule has 0 bridgehead atoms. The molecule has 1 heterocycles. The molecule has 0 atom stereocenters. The summed E-state index contributed by atoms with van der Waals surface area (Å²) in [7, 11) is 0. The summed E-state index contributed by atoms with van der Waals surface area (Å²) in [6, 6.07) is 5.72. The van der Waals surface area contributed by atoms with Gasteiger partial charge in [0.1, 0.15) is 0 Å². The fourth-order valence-corrected chi connectivity index (χ4v) is 1.32. The van der Waals surface area contributed by atoms with Gasteiger partial charge in [0, 0.05) is 6.08 Å². The van der Waals surface area contributed by atoms with Gasteiger partial charge in [-0.25, -0.2) is 0 Å². The highest BCUT2D eigenvalue weighted by Gasteiger charge is 2.13. The van der Waals surface area contributed by atoms with Crippen LogP contribution in [0.25, 0.3) is 6.08 Å². The third kappa shape index (κ3) is 0.900. The van der Waals surface area contributed by atoms with Gasteiger partial charge < -0.3 is 0 Å². The molecule has 0 N–H and O–H groups in total. The van der Waals surface area contributed by atoms with Crippen molar-refractivity contribution in [1.82, 2.24) is 0 Å². The molecule has 0 saturated carbocycles. The first-order valence-corrected chi connectivity index (χ1v) is 3.72. The lowest BCUT2D eigenvalue weighted by Crippen LogP contribution is -2.03. The van der Waals surface area contributed by atoms with Gasteiger partial charge in [-0.1, -0.05) is 18.2 Å². The second-order valence-corrected chi connectivity index (χ2v) is 2.73. The third-order valence-electron chi connectivity index (χ3n) is 1.91. The van der Waals surface area contributed by atoms with Crippen molar-refractivity contribution in [3.8, 4) is 0 Å². The summed E-state index contributed by atoms with van der Waals surface area (Å²) < 4.78 is 0. The van der Waals surface area contributed by atoms with Crippen molar-refractivity contribution < 1.29 is 4.79 Å². The fraction of sp³-hybridized carbons (Fsp3) is 0.100. The smallest absolute Gasteiger partial charge is 0.266 e. The van der Waals surface area contributed by atoms with E-state index in [0.29, 0.717) is 5.56 Å². The molecule has 0 aromatic heterocycles. The summed E-state index contributed by atoms with van der Waals surface area (Å²) in [5.41, 5.74) is 2.59. The molecule has 58 valence electrons. The Morgan fingerprint density at radius 1 is 1.42 bits per heavy atom. The molecule has 2 heteroatoms. The van der Waals surface area contributed by atoms with Gasteiger partial charge >= 0.3 is 0 Å². The van der Waals surface area contributed by atoms with E-state index >= 15 is 0 Å². The topological polar surface area (TPSA) is 29.4 Å². The number of hydrogen-bond donors (Lipinski definition) is 0. The largest absolute Gasteiger partial charge is 0.285 e. The van der Waals surface area contributed by atoms with Crippen LogP contribution in [-0.2, 0) is 0 Å². The van der Waals surface area contributed by atoms with Crippen LogP contribution in [-0.4, -0.2) is 11.8 Å². The molecule has 1 amide bonds. The third-order valence-corrected chi connectivity index (χ3v) is 1.91. The Morgan fingerprint density at radius 3 is 3.00 bits per heavy atom. The Balaban J connectivity index is 2.78. The Hall–Kier alpha value is -1.66. The maximum absolute atomic E-state index is 11.3. The molecule has 0 unspecified atom stereocenters. The number of aliphatic imine (C=N–C) groups is 1. The quantitative estimate of drug-likeness (QED) is 0.565. The number of aryl methyl sites for hydroxylation is 1. The second kappa shape index (κ2) is 2.43. The molecule has 2 nitrogen and oxygen atoms in total. The summed E-state index contributed by atoms with van der Waals surface area (Å²) >= 11 is 0. The van der Waals surface area contributed by atoms with Crippen molar-refractivity contribution in [3.63, 3.8) is 0 Å². The number of carbonyl (C=O) groups excluding carboxylic acids is 1. The number of carbonyl (C=O) groups is 1. The number of fused-ring (bicyclic) bond motifs is 1. The van der Waals surface area contributed by atoms with Gasteiger partial charge in [-0.15, -0.1) is 0 Å². The summed E-state index contributed by atoms with van der Waals surface area (Å²) in [5.74, 6) is 2.38. The number of rotatable bonds is 0. The van der Waals surface area contributed by atoms with Gasteiger partial charge in [-0.05, 0) is 23.9 Å². The van der Waals surface area contributed by atoms with E-state index in [2.05, 4.69) is 10.9 Å². The predicted molar refractivity (Wildman–Crippen MR) is 47.4 cm³/mol. The van der Waals surface area contributed by atoms with Gasteiger partial charge in [0.05, 0.1) is 5.56 Å². The molecule has 2 rings (SSSR count). The van der Waals surface area contributed by atoms with Crippen molar-refractivity contribution in [3.05, 3.63) is 34.9 Å². The molecule has 0 radical (unpaired) electrons. The monoisotopic (exact) mass is 157 g/mol. The van der Waals surface area contributed by atoms with E-state index in [0.717, 1.165) is 11.1 Å². The molecule has 0 fully saturated rings. The van der Waals surface area contributed by atoms with Crippen LogP contribution in [0.15, 0.2) is 23.2 Å². The molecule has 1 aromatic carbocycles. The highest BCUT2D eigenvalue weighted by Crippen LogP contribution is 2.17. The number of nitrogens with zero attached hydrogens (tertiary/aromatic N) is 1. The lowest BCUT2D eigenvalue weighted by molar-refractivity contribution is 0.100. The first-order chi connectivity index (χ1) is 5.79. The van der Waals surface area contributed by atoms with Gasteiger partial charge in [0.2, 0.25) is 0 Å². The van der Waals surface area contributed by atoms with Gasteiger partial charge in [-0.2, -0.15) is 4.99 Å². The maximum Gasteiger partial charge on any atom is 0.285 e. The second-order valence-electron chi connectivity index (χ2n) is 2.73. The number of hydrogen-bond acceptors (Lipinski definition) is 1. The van der Waals surface area contributed by atoms with E-state index in [9.17, 15) is 4.79 Å². The Bertz CT molecular complexity index is 412. The minimum Gasteiger partial charge on any atom is -0.266 e. The summed E-state index contributed by atoms with van der Waals surface area (Å²) in [4.78, 5) is 14.8. The van der Waals surface area contributed by atoms with Crippen molar-refractivity contribution in [2.75, 3.05) is 0 Å². The summed E-state index contributed by atoms with van der Waals surface area (Å²) in [6.07, 6.45) is 1.73. The number of amides is 1. The van der Waals surface area contributed by atoms with E-state index in [-0.39, 0.29) is 5.91 Å². The zero-order valence-corrected chi connectivity index (χ0v) is 6.66. The van der Waals surface area contributed by atoms with Crippen LogP contribution in [0.3, 0.4) is 0 Å². The van der Waals surface area contributed by atoms with Gasteiger partial charge in [-0.3, -0.25) is 4.79 Å². The standard InChI is InChI=1S/C10H7NO/c1-7-3-2-4-8-5-6-11-10(12)9(7)8/h2-5H,1H3. The Labute approximate surface area is 70.3 Å².